The highest BCUT2D eigenvalue weighted by molar-refractivity contribution is 5.66. The van der Waals surface area contributed by atoms with Gasteiger partial charge in [-0.2, -0.15) is 0 Å². The lowest BCUT2D eigenvalue weighted by atomic mass is 9.46. The SMILES string of the molecule is CC(=O)OC1CCC(OC(C)=O)C(CC2(C)C(C)CCC3(C)C(C)=CCCC32)C1. The van der Waals surface area contributed by atoms with Gasteiger partial charge < -0.3 is 9.47 Å². The van der Waals surface area contributed by atoms with Crippen LogP contribution in [0.3, 0.4) is 0 Å². The molecule has 7 unspecified atom stereocenters. The number of fused-ring (bicyclic) bond motifs is 1. The van der Waals surface area contributed by atoms with E-state index in [1.54, 1.807) is 5.57 Å². The average molecular weight is 405 g/mol. The monoisotopic (exact) mass is 404 g/mol. The highest BCUT2D eigenvalue weighted by Crippen LogP contribution is 2.62. The van der Waals surface area contributed by atoms with Crippen LogP contribution < -0.4 is 0 Å². The van der Waals surface area contributed by atoms with Crippen molar-refractivity contribution < 1.29 is 19.1 Å². The first-order chi connectivity index (χ1) is 13.6. The molecule has 3 aliphatic carbocycles. The summed E-state index contributed by atoms with van der Waals surface area (Å²) in [5, 5.41) is 0. The molecule has 0 amide bonds. The van der Waals surface area contributed by atoms with E-state index < -0.39 is 0 Å². The summed E-state index contributed by atoms with van der Waals surface area (Å²) in [5.41, 5.74) is 2.04. The summed E-state index contributed by atoms with van der Waals surface area (Å²) >= 11 is 0. The summed E-state index contributed by atoms with van der Waals surface area (Å²) in [6.07, 6.45) is 10.7. The zero-order chi connectivity index (χ0) is 21.4. The van der Waals surface area contributed by atoms with Crippen LogP contribution in [0.1, 0.15) is 92.9 Å². The molecule has 0 radical (unpaired) electrons. The van der Waals surface area contributed by atoms with Gasteiger partial charge in [-0.1, -0.05) is 32.4 Å². The molecule has 2 saturated carbocycles. The van der Waals surface area contributed by atoms with Crippen molar-refractivity contribution in [2.45, 2.75) is 105 Å². The zero-order valence-corrected chi connectivity index (χ0v) is 19.3. The molecule has 29 heavy (non-hydrogen) atoms. The topological polar surface area (TPSA) is 52.6 Å². The van der Waals surface area contributed by atoms with Gasteiger partial charge in [0.05, 0.1) is 0 Å². The molecule has 4 heteroatoms. The molecule has 0 aromatic heterocycles. The minimum Gasteiger partial charge on any atom is -0.463 e. The third-order valence-corrected chi connectivity index (χ3v) is 8.81. The van der Waals surface area contributed by atoms with Gasteiger partial charge in [-0.3, -0.25) is 9.59 Å². The van der Waals surface area contributed by atoms with Crippen molar-refractivity contribution in [1.29, 1.82) is 0 Å². The standard InChI is InChI=1S/C25H40O4/c1-16-8-7-9-23-24(16,5)13-12-17(2)25(23,6)15-20-14-21(28-18(3)26)10-11-22(20)29-19(4)27/h8,17,20-23H,7,9-15H2,1-6H3. The third kappa shape index (κ3) is 4.41. The molecule has 0 aliphatic heterocycles. The van der Waals surface area contributed by atoms with E-state index in [1.807, 2.05) is 0 Å². The van der Waals surface area contributed by atoms with Crippen molar-refractivity contribution in [1.82, 2.24) is 0 Å². The summed E-state index contributed by atoms with van der Waals surface area (Å²) in [7, 11) is 0. The maximum Gasteiger partial charge on any atom is 0.302 e. The Morgan fingerprint density at radius 3 is 2.41 bits per heavy atom. The zero-order valence-electron chi connectivity index (χ0n) is 19.3. The van der Waals surface area contributed by atoms with Crippen LogP contribution in [0.5, 0.6) is 0 Å². The largest absolute Gasteiger partial charge is 0.463 e. The molecule has 3 rings (SSSR count). The Bertz CT molecular complexity index is 668. The van der Waals surface area contributed by atoms with E-state index in [2.05, 4.69) is 33.8 Å². The summed E-state index contributed by atoms with van der Waals surface area (Å²) in [6.45, 7) is 12.7. The van der Waals surface area contributed by atoms with Gasteiger partial charge in [0.15, 0.2) is 0 Å². The predicted molar refractivity (Wildman–Crippen MR) is 114 cm³/mol. The van der Waals surface area contributed by atoms with Crippen LogP contribution in [0, 0.1) is 28.6 Å². The molecule has 0 aromatic carbocycles. The second-order valence-electron chi connectivity index (χ2n) is 10.5. The van der Waals surface area contributed by atoms with Gasteiger partial charge in [-0.25, -0.2) is 0 Å². The maximum absolute atomic E-state index is 11.8. The van der Waals surface area contributed by atoms with Crippen molar-refractivity contribution in [3.8, 4) is 0 Å². The molecule has 164 valence electrons. The van der Waals surface area contributed by atoms with Gasteiger partial charge in [-0.05, 0) is 86.9 Å². The highest BCUT2D eigenvalue weighted by Gasteiger charge is 2.54. The molecular formula is C25H40O4. The van der Waals surface area contributed by atoms with E-state index in [0.29, 0.717) is 11.8 Å². The molecule has 0 heterocycles. The Balaban J connectivity index is 1.86. The molecule has 2 fully saturated rings. The van der Waals surface area contributed by atoms with Crippen molar-refractivity contribution >= 4 is 11.9 Å². The number of hydrogen-bond acceptors (Lipinski definition) is 4. The van der Waals surface area contributed by atoms with Gasteiger partial charge in [0.25, 0.3) is 0 Å². The van der Waals surface area contributed by atoms with Gasteiger partial charge in [0.2, 0.25) is 0 Å². The van der Waals surface area contributed by atoms with E-state index in [1.165, 1.54) is 39.5 Å². The van der Waals surface area contributed by atoms with E-state index in [-0.39, 0.29) is 40.9 Å². The van der Waals surface area contributed by atoms with Crippen molar-refractivity contribution in [3.05, 3.63) is 11.6 Å². The molecule has 0 aromatic rings. The lowest BCUT2D eigenvalue weighted by Crippen LogP contribution is -2.52. The van der Waals surface area contributed by atoms with Gasteiger partial charge in [0, 0.05) is 13.8 Å². The first kappa shape index (κ1) is 22.4. The molecule has 0 saturated heterocycles. The van der Waals surface area contributed by atoms with Crippen LogP contribution in [-0.4, -0.2) is 24.1 Å². The third-order valence-electron chi connectivity index (χ3n) is 8.81. The van der Waals surface area contributed by atoms with Gasteiger partial charge >= 0.3 is 11.9 Å². The number of carbonyl (C=O) groups is 2. The fourth-order valence-corrected chi connectivity index (χ4v) is 6.94. The molecule has 7 atom stereocenters. The quantitative estimate of drug-likeness (QED) is 0.436. The van der Waals surface area contributed by atoms with Gasteiger partial charge in [-0.15, -0.1) is 0 Å². The maximum atomic E-state index is 11.8. The van der Waals surface area contributed by atoms with E-state index in [4.69, 9.17) is 9.47 Å². The summed E-state index contributed by atoms with van der Waals surface area (Å²) < 4.78 is 11.3. The number of esters is 2. The smallest absolute Gasteiger partial charge is 0.302 e. The fraction of sp³-hybridized carbons (Fsp3) is 0.840. The van der Waals surface area contributed by atoms with Crippen LogP contribution in [0.4, 0.5) is 0 Å². The molecule has 0 bridgehead atoms. The average Bonchev–Trinajstić information content (AvgIpc) is 2.62. The molecule has 0 N–H and O–H groups in total. The van der Waals surface area contributed by atoms with Crippen molar-refractivity contribution in [3.63, 3.8) is 0 Å². The summed E-state index contributed by atoms with van der Waals surface area (Å²) in [5.74, 6) is 1.12. The molecule has 4 nitrogen and oxygen atoms in total. The Kier molecular flexibility index (Phi) is 6.50. The number of allylic oxidation sites excluding steroid dienone is 2. The number of rotatable bonds is 4. The number of ether oxygens (including phenoxy) is 2. The fourth-order valence-electron chi connectivity index (χ4n) is 6.94. The lowest BCUT2D eigenvalue weighted by molar-refractivity contribution is -0.163. The predicted octanol–water partition coefficient (Wildman–Crippen LogP) is 5.84. The normalized spacial score (nSPS) is 42.4. The van der Waals surface area contributed by atoms with Crippen LogP contribution in [-0.2, 0) is 19.1 Å². The van der Waals surface area contributed by atoms with Crippen LogP contribution in [0.25, 0.3) is 0 Å². The Morgan fingerprint density at radius 2 is 1.76 bits per heavy atom. The first-order valence-corrected chi connectivity index (χ1v) is 11.6. The molecular weight excluding hydrogens is 364 g/mol. The number of hydrogen-bond donors (Lipinski definition) is 0. The molecule has 3 aliphatic rings. The molecule has 0 spiro atoms. The van der Waals surface area contributed by atoms with E-state index in [9.17, 15) is 9.59 Å². The minimum atomic E-state index is -0.211. The highest BCUT2D eigenvalue weighted by atomic mass is 16.6. The van der Waals surface area contributed by atoms with Crippen LogP contribution in [0.15, 0.2) is 11.6 Å². The summed E-state index contributed by atoms with van der Waals surface area (Å²) in [6, 6.07) is 0. The Hall–Kier alpha value is -1.32. The Labute approximate surface area is 176 Å². The van der Waals surface area contributed by atoms with Crippen molar-refractivity contribution in [2.75, 3.05) is 0 Å². The Morgan fingerprint density at radius 1 is 1.07 bits per heavy atom. The second-order valence-corrected chi connectivity index (χ2v) is 10.5. The van der Waals surface area contributed by atoms with Crippen LogP contribution >= 0.6 is 0 Å². The van der Waals surface area contributed by atoms with Crippen molar-refractivity contribution in [2.24, 2.45) is 28.6 Å². The number of carbonyl (C=O) groups excluding carboxylic acids is 2. The van der Waals surface area contributed by atoms with E-state index >= 15 is 0 Å². The minimum absolute atomic E-state index is 0.0498. The second kappa shape index (κ2) is 8.43. The summed E-state index contributed by atoms with van der Waals surface area (Å²) in [4.78, 5) is 23.3. The first-order valence-electron chi connectivity index (χ1n) is 11.6. The lowest BCUT2D eigenvalue weighted by Gasteiger charge is -2.59. The van der Waals surface area contributed by atoms with Crippen LogP contribution in [0.2, 0.25) is 0 Å². The van der Waals surface area contributed by atoms with Gasteiger partial charge in [0.1, 0.15) is 12.2 Å². The van der Waals surface area contributed by atoms with E-state index in [0.717, 1.165) is 25.7 Å².